The molecule has 22 heavy (non-hydrogen) atoms. The van der Waals surface area contributed by atoms with Gasteiger partial charge in [-0.25, -0.2) is 19.0 Å². The summed E-state index contributed by atoms with van der Waals surface area (Å²) < 4.78 is 15.6. The summed E-state index contributed by atoms with van der Waals surface area (Å²) >= 11 is 1.68. The number of aromatic nitrogens is 6. The molecule has 1 N–H and O–H groups in total. The first-order chi connectivity index (χ1) is 10.8. The fraction of sp³-hybridized carbons (Fsp3) is 0.143. The smallest absolute Gasteiger partial charge is 0.219 e. The van der Waals surface area contributed by atoms with E-state index in [-0.39, 0.29) is 6.54 Å². The van der Waals surface area contributed by atoms with E-state index < -0.39 is 6.67 Å². The molecule has 0 radical (unpaired) electrons. The molecule has 6 nitrogen and oxygen atoms in total. The van der Waals surface area contributed by atoms with Gasteiger partial charge in [-0.1, -0.05) is 0 Å². The third-order valence-electron chi connectivity index (χ3n) is 3.31. The molecule has 0 spiro atoms. The monoisotopic (exact) mass is 314 g/mol. The molecule has 4 aromatic rings. The molecule has 4 rings (SSSR count). The second-order valence-electron chi connectivity index (χ2n) is 4.68. The molecular formula is C14H11FN6S. The first-order valence-electron chi connectivity index (χ1n) is 6.69. The number of alkyl halides is 1. The molecule has 0 saturated heterocycles. The number of H-pyrrole nitrogens is 1. The molecule has 0 saturated carbocycles. The van der Waals surface area contributed by atoms with Gasteiger partial charge in [0.25, 0.3) is 0 Å². The minimum Gasteiger partial charge on any atom is -0.257 e. The van der Waals surface area contributed by atoms with Gasteiger partial charge in [0.2, 0.25) is 5.82 Å². The van der Waals surface area contributed by atoms with E-state index in [1.165, 1.54) is 11.0 Å². The maximum absolute atomic E-state index is 12.8. The number of thiophene rings is 1. The topological polar surface area (TPSA) is 72.3 Å². The van der Waals surface area contributed by atoms with E-state index in [0.717, 1.165) is 10.9 Å². The van der Waals surface area contributed by atoms with E-state index in [0.29, 0.717) is 17.5 Å². The molecule has 0 aliphatic heterocycles. The summed E-state index contributed by atoms with van der Waals surface area (Å²) in [7, 11) is 0. The molecule has 0 fully saturated rings. The van der Waals surface area contributed by atoms with Crippen LogP contribution in [0.15, 0.2) is 36.0 Å². The molecule has 0 atom stereocenters. The first kappa shape index (κ1) is 13.1. The maximum atomic E-state index is 12.8. The van der Waals surface area contributed by atoms with Crippen LogP contribution in [0.5, 0.6) is 0 Å². The van der Waals surface area contributed by atoms with E-state index in [2.05, 4.69) is 31.3 Å². The Hall–Kier alpha value is -2.61. The van der Waals surface area contributed by atoms with Gasteiger partial charge in [0.1, 0.15) is 13.0 Å². The van der Waals surface area contributed by atoms with Crippen LogP contribution in [0.4, 0.5) is 4.39 Å². The number of nitrogens with zero attached hydrogens (tertiary/aromatic N) is 5. The molecule has 0 bridgehead atoms. The van der Waals surface area contributed by atoms with Crippen molar-refractivity contribution in [3.05, 3.63) is 36.0 Å². The summed E-state index contributed by atoms with van der Waals surface area (Å²) in [5, 5.41) is 14.0. The molecule has 0 aliphatic rings. The minimum atomic E-state index is -0.507. The van der Waals surface area contributed by atoms with Crippen LogP contribution in [0, 0.1) is 0 Å². The van der Waals surface area contributed by atoms with E-state index in [1.807, 2.05) is 23.6 Å². The molecule has 1 aromatic carbocycles. The fourth-order valence-corrected chi connectivity index (χ4v) is 3.08. The lowest BCUT2D eigenvalue weighted by atomic mass is 10.1. The fourth-order valence-electron chi connectivity index (χ4n) is 2.31. The summed E-state index contributed by atoms with van der Waals surface area (Å²) in [4.78, 5) is 8.53. The van der Waals surface area contributed by atoms with Crippen LogP contribution >= 0.6 is 11.3 Å². The van der Waals surface area contributed by atoms with Crippen LogP contribution in [0.2, 0.25) is 0 Å². The summed E-state index contributed by atoms with van der Waals surface area (Å²) in [6.45, 7) is -0.356. The Labute approximate surface area is 128 Å². The van der Waals surface area contributed by atoms with Crippen LogP contribution < -0.4 is 0 Å². The van der Waals surface area contributed by atoms with Crippen molar-refractivity contribution in [2.24, 2.45) is 0 Å². The van der Waals surface area contributed by atoms with Crippen molar-refractivity contribution < 1.29 is 4.39 Å². The number of nitrogens with one attached hydrogen (secondary N) is 1. The number of halogens is 1. The quantitative estimate of drug-likeness (QED) is 0.628. The van der Waals surface area contributed by atoms with Crippen molar-refractivity contribution >= 4 is 21.4 Å². The van der Waals surface area contributed by atoms with Gasteiger partial charge < -0.3 is 0 Å². The van der Waals surface area contributed by atoms with Gasteiger partial charge in [-0.05, 0) is 35.0 Å². The molecule has 8 heteroatoms. The zero-order chi connectivity index (χ0) is 14.9. The van der Waals surface area contributed by atoms with E-state index in [9.17, 15) is 4.39 Å². The lowest BCUT2D eigenvalue weighted by molar-refractivity contribution is 0.429. The van der Waals surface area contributed by atoms with Crippen molar-refractivity contribution in [3.8, 4) is 23.0 Å². The number of hydrogen-bond donors (Lipinski definition) is 1. The van der Waals surface area contributed by atoms with Crippen molar-refractivity contribution in [2.75, 3.05) is 6.67 Å². The lowest BCUT2D eigenvalue weighted by Crippen LogP contribution is -2.04. The van der Waals surface area contributed by atoms with Crippen molar-refractivity contribution in [1.29, 1.82) is 0 Å². The van der Waals surface area contributed by atoms with E-state index in [1.54, 1.807) is 16.0 Å². The van der Waals surface area contributed by atoms with Crippen LogP contribution in [-0.4, -0.2) is 36.6 Å². The number of aromatic amines is 1. The number of rotatable bonds is 4. The van der Waals surface area contributed by atoms with Crippen LogP contribution in [0.25, 0.3) is 33.1 Å². The molecule has 0 unspecified atom stereocenters. The lowest BCUT2D eigenvalue weighted by Gasteiger charge is -2.03. The highest BCUT2D eigenvalue weighted by Gasteiger charge is 2.15. The molecule has 3 aromatic heterocycles. The normalized spacial score (nSPS) is 11.3. The average molecular weight is 314 g/mol. The SMILES string of the molecule is FCCn1nc(-c2ncn[nH]2)nc1-c1ccc2sccc2c1. The Bertz CT molecular complexity index is 911. The Balaban J connectivity index is 1.85. The zero-order valence-corrected chi connectivity index (χ0v) is 12.2. The van der Waals surface area contributed by atoms with E-state index in [4.69, 9.17) is 0 Å². The van der Waals surface area contributed by atoms with Crippen LogP contribution in [0.3, 0.4) is 0 Å². The van der Waals surface area contributed by atoms with Crippen LogP contribution in [-0.2, 0) is 6.54 Å². The molecule has 0 amide bonds. The Kier molecular flexibility index (Phi) is 3.15. The van der Waals surface area contributed by atoms with Gasteiger partial charge in [-0.15, -0.1) is 16.4 Å². The highest BCUT2D eigenvalue weighted by atomic mass is 32.1. The predicted molar refractivity (Wildman–Crippen MR) is 82.2 cm³/mol. The average Bonchev–Trinajstić information content (AvgIpc) is 3.27. The standard InChI is InChI=1S/C14H11FN6S/c15-4-5-21-14(18-13(20-21)12-16-8-17-19-12)10-1-2-11-9(7-10)3-6-22-11/h1-3,6-8H,4-5H2,(H,16,17,19). The number of benzene rings is 1. The van der Waals surface area contributed by atoms with Crippen molar-refractivity contribution in [3.63, 3.8) is 0 Å². The molecule has 0 aliphatic carbocycles. The highest BCUT2D eigenvalue weighted by Crippen LogP contribution is 2.27. The van der Waals surface area contributed by atoms with Gasteiger partial charge in [0.15, 0.2) is 11.6 Å². The minimum absolute atomic E-state index is 0.151. The number of aryl methyl sites for hydroxylation is 1. The van der Waals surface area contributed by atoms with Gasteiger partial charge >= 0.3 is 0 Å². The zero-order valence-electron chi connectivity index (χ0n) is 11.4. The van der Waals surface area contributed by atoms with E-state index >= 15 is 0 Å². The Morgan fingerprint density at radius 3 is 3.05 bits per heavy atom. The summed E-state index contributed by atoms with van der Waals surface area (Å²) in [6.07, 6.45) is 1.39. The van der Waals surface area contributed by atoms with Gasteiger partial charge in [0, 0.05) is 10.3 Å². The number of fused-ring (bicyclic) bond motifs is 1. The number of hydrogen-bond acceptors (Lipinski definition) is 5. The third kappa shape index (κ3) is 2.17. The van der Waals surface area contributed by atoms with Crippen LogP contribution in [0.1, 0.15) is 0 Å². The summed E-state index contributed by atoms with van der Waals surface area (Å²) in [5.74, 6) is 1.50. The van der Waals surface area contributed by atoms with Crippen molar-refractivity contribution in [2.45, 2.75) is 6.54 Å². The van der Waals surface area contributed by atoms with Gasteiger partial charge in [0.05, 0.1) is 6.54 Å². The Morgan fingerprint density at radius 2 is 2.23 bits per heavy atom. The summed E-state index contributed by atoms with van der Waals surface area (Å²) in [5.41, 5.74) is 0.901. The first-order valence-corrected chi connectivity index (χ1v) is 7.57. The third-order valence-corrected chi connectivity index (χ3v) is 4.20. The Morgan fingerprint density at radius 1 is 1.27 bits per heavy atom. The van der Waals surface area contributed by atoms with Gasteiger partial charge in [-0.3, -0.25) is 5.10 Å². The molecular weight excluding hydrogens is 303 g/mol. The van der Waals surface area contributed by atoms with Gasteiger partial charge in [-0.2, -0.15) is 5.10 Å². The maximum Gasteiger partial charge on any atom is 0.219 e. The highest BCUT2D eigenvalue weighted by molar-refractivity contribution is 7.17. The molecule has 3 heterocycles. The largest absolute Gasteiger partial charge is 0.257 e. The molecule has 110 valence electrons. The predicted octanol–water partition coefficient (Wildman–Crippen LogP) is 2.91. The second-order valence-corrected chi connectivity index (χ2v) is 5.63. The summed E-state index contributed by atoms with van der Waals surface area (Å²) in [6, 6.07) is 8.10. The van der Waals surface area contributed by atoms with Crippen molar-refractivity contribution in [1.82, 2.24) is 29.9 Å². The second kappa shape index (κ2) is 5.30.